The minimum Gasteiger partial charge on any atom is -0.466 e. The van der Waals surface area contributed by atoms with Gasteiger partial charge >= 0.3 is 0 Å². The third-order valence-corrected chi connectivity index (χ3v) is 8.28. The third kappa shape index (κ3) is 3.77. The van der Waals surface area contributed by atoms with Crippen molar-refractivity contribution in [3.8, 4) is 5.75 Å². The molecule has 33 heavy (non-hydrogen) atoms. The lowest BCUT2D eigenvalue weighted by Gasteiger charge is -2.50. The summed E-state index contributed by atoms with van der Waals surface area (Å²) in [5.74, 6) is 1.53. The van der Waals surface area contributed by atoms with Crippen molar-refractivity contribution in [3.63, 3.8) is 0 Å². The molecular weight excluding hydrogens is 519 g/mol. The summed E-state index contributed by atoms with van der Waals surface area (Å²) in [4.78, 5) is 0. The van der Waals surface area contributed by atoms with Crippen molar-refractivity contribution in [1.29, 1.82) is 0 Å². The first-order valence-electron chi connectivity index (χ1n) is 11.4. The first kappa shape index (κ1) is 21.5. The van der Waals surface area contributed by atoms with Crippen molar-refractivity contribution in [3.05, 3.63) is 97.9 Å². The van der Waals surface area contributed by atoms with Crippen LogP contribution in [0.4, 0.5) is 0 Å². The van der Waals surface area contributed by atoms with E-state index in [1.165, 1.54) is 11.1 Å². The van der Waals surface area contributed by atoms with Gasteiger partial charge in [0.15, 0.2) is 5.72 Å². The lowest BCUT2D eigenvalue weighted by Crippen LogP contribution is -2.55. The highest BCUT2D eigenvalue weighted by atomic mass is 79.9. The number of ether oxygens (including phenoxy) is 1. The molecule has 168 valence electrons. The van der Waals surface area contributed by atoms with Gasteiger partial charge in [0, 0.05) is 39.9 Å². The lowest BCUT2D eigenvalue weighted by molar-refractivity contribution is -0.142. The summed E-state index contributed by atoms with van der Waals surface area (Å²) in [6.07, 6.45) is 4.81. The summed E-state index contributed by atoms with van der Waals surface area (Å²) in [6, 6.07) is 22.9. The Morgan fingerprint density at radius 1 is 0.970 bits per heavy atom. The van der Waals surface area contributed by atoms with E-state index in [1.54, 1.807) is 6.07 Å². The second-order valence-electron chi connectivity index (χ2n) is 9.15. The lowest BCUT2D eigenvalue weighted by atomic mass is 9.78. The summed E-state index contributed by atoms with van der Waals surface area (Å²) in [7, 11) is 0. The Balaban J connectivity index is 1.38. The van der Waals surface area contributed by atoms with Crippen molar-refractivity contribution in [2.75, 3.05) is 0 Å². The Morgan fingerprint density at radius 3 is 2.52 bits per heavy atom. The van der Waals surface area contributed by atoms with Crippen LogP contribution in [-0.2, 0) is 0 Å². The Hall–Kier alpha value is -2.01. The molecule has 2 aliphatic heterocycles. The monoisotopic (exact) mass is 540 g/mol. The molecule has 1 saturated carbocycles. The number of rotatable bonds is 2. The summed E-state index contributed by atoms with van der Waals surface area (Å²) < 4.78 is 7.84. The molecule has 1 aliphatic carbocycles. The molecule has 0 bridgehead atoms. The summed E-state index contributed by atoms with van der Waals surface area (Å²) in [5, 5.41) is 8.67. The molecule has 6 heteroatoms. The van der Waals surface area contributed by atoms with Crippen LogP contribution in [0.15, 0.2) is 76.3 Å². The zero-order valence-corrected chi connectivity index (χ0v) is 21.1. The molecule has 1 spiro atoms. The molecule has 0 aromatic heterocycles. The molecule has 2 heterocycles. The van der Waals surface area contributed by atoms with Gasteiger partial charge in [0.2, 0.25) is 0 Å². The van der Waals surface area contributed by atoms with Gasteiger partial charge < -0.3 is 4.74 Å². The maximum Gasteiger partial charge on any atom is 0.198 e. The van der Waals surface area contributed by atoms with Gasteiger partial charge in [-0.2, -0.15) is 5.10 Å². The average Bonchev–Trinajstić information content (AvgIpc) is 3.27. The topological polar surface area (TPSA) is 24.8 Å². The van der Waals surface area contributed by atoms with E-state index in [1.807, 2.05) is 12.1 Å². The predicted molar refractivity (Wildman–Crippen MR) is 137 cm³/mol. The van der Waals surface area contributed by atoms with Gasteiger partial charge in [0.1, 0.15) is 5.75 Å². The number of hydrogen-bond donors (Lipinski definition) is 0. The molecule has 3 aromatic carbocycles. The fourth-order valence-electron chi connectivity index (χ4n) is 5.60. The van der Waals surface area contributed by atoms with E-state index in [2.05, 4.69) is 69.5 Å². The number of nitrogens with zero attached hydrogens (tertiary/aromatic N) is 2. The van der Waals surface area contributed by atoms with Gasteiger partial charge in [-0.15, -0.1) is 0 Å². The van der Waals surface area contributed by atoms with Crippen molar-refractivity contribution < 1.29 is 4.74 Å². The third-order valence-electron chi connectivity index (χ3n) is 7.24. The quantitative estimate of drug-likeness (QED) is 0.325. The second-order valence-corrected chi connectivity index (χ2v) is 10.9. The standard InChI is InChI=1S/C27H23BrCl2N2O/c28-19-6-9-26-22(14-19)25-16-24(21-8-7-20(29)15-23(21)30)31-32(25)27(33-26)12-10-18(11-13-27)17-4-2-1-3-5-17/h1-9,14-15,18,25H,10-13,16H2/t18?,25-,27?/m1/s1. The first-order valence-corrected chi connectivity index (χ1v) is 12.9. The summed E-state index contributed by atoms with van der Waals surface area (Å²) in [6.45, 7) is 0. The van der Waals surface area contributed by atoms with E-state index >= 15 is 0 Å². The van der Waals surface area contributed by atoms with Gasteiger partial charge in [0.25, 0.3) is 0 Å². The van der Waals surface area contributed by atoms with E-state index in [4.69, 9.17) is 33.0 Å². The van der Waals surface area contributed by atoms with Gasteiger partial charge in [-0.1, -0.05) is 75.5 Å². The second kappa shape index (κ2) is 8.33. The fourth-order valence-corrected chi connectivity index (χ4v) is 6.49. The van der Waals surface area contributed by atoms with Crippen LogP contribution in [-0.4, -0.2) is 16.4 Å². The van der Waals surface area contributed by atoms with Crippen LogP contribution in [0, 0.1) is 0 Å². The molecule has 1 fully saturated rings. The molecule has 0 unspecified atom stereocenters. The molecule has 0 radical (unpaired) electrons. The molecular formula is C27H23BrCl2N2O. The predicted octanol–water partition coefficient (Wildman–Crippen LogP) is 8.35. The minimum atomic E-state index is -0.433. The SMILES string of the molecule is Clc1ccc(C2=NN3[C@H](C2)c2cc(Br)ccc2OC32CCC(c3ccccc3)CC2)c(Cl)c1. The number of halogens is 3. The van der Waals surface area contributed by atoms with E-state index in [-0.39, 0.29) is 6.04 Å². The molecule has 3 nitrogen and oxygen atoms in total. The molecule has 6 rings (SSSR count). The molecule has 1 atom stereocenters. The van der Waals surface area contributed by atoms with Gasteiger partial charge in [0.05, 0.1) is 16.8 Å². The van der Waals surface area contributed by atoms with Gasteiger partial charge in [-0.3, -0.25) is 0 Å². The van der Waals surface area contributed by atoms with E-state index in [0.717, 1.165) is 53.6 Å². The smallest absolute Gasteiger partial charge is 0.198 e. The Labute approximate surface area is 212 Å². The zero-order valence-electron chi connectivity index (χ0n) is 18.0. The Kier molecular flexibility index (Phi) is 5.44. The fraction of sp³-hybridized carbons (Fsp3) is 0.296. The highest BCUT2D eigenvalue weighted by Gasteiger charge is 2.52. The number of hydrogen-bond acceptors (Lipinski definition) is 3. The normalized spacial score (nSPS) is 25.9. The zero-order chi connectivity index (χ0) is 22.6. The number of fused-ring (bicyclic) bond motifs is 4. The highest BCUT2D eigenvalue weighted by molar-refractivity contribution is 9.10. The van der Waals surface area contributed by atoms with Crippen LogP contribution >= 0.6 is 39.1 Å². The van der Waals surface area contributed by atoms with Crippen molar-refractivity contribution >= 4 is 44.8 Å². The van der Waals surface area contributed by atoms with Crippen molar-refractivity contribution in [1.82, 2.24) is 5.01 Å². The number of benzene rings is 3. The molecule has 0 saturated heterocycles. The molecule has 3 aliphatic rings. The van der Waals surface area contributed by atoms with Crippen LogP contribution in [0.1, 0.15) is 60.8 Å². The molecule has 3 aromatic rings. The highest BCUT2D eigenvalue weighted by Crippen LogP contribution is 2.53. The van der Waals surface area contributed by atoms with Gasteiger partial charge in [-0.05, 0) is 54.7 Å². The van der Waals surface area contributed by atoms with Crippen LogP contribution in [0.2, 0.25) is 10.0 Å². The maximum atomic E-state index is 6.79. The van der Waals surface area contributed by atoms with E-state index in [9.17, 15) is 0 Å². The van der Waals surface area contributed by atoms with Crippen molar-refractivity contribution in [2.24, 2.45) is 5.10 Å². The van der Waals surface area contributed by atoms with E-state index in [0.29, 0.717) is 16.0 Å². The van der Waals surface area contributed by atoms with Crippen LogP contribution in [0.3, 0.4) is 0 Å². The maximum absolute atomic E-state index is 6.79. The summed E-state index contributed by atoms with van der Waals surface area (Å²) >= 11 is 16.4. The largest absolute Gasteiger partial charge is 0.466 e. The minimum absolute atomic E-state index is 0.126. The summed E-state index contributed by atoms with van der Waals surface area (Å²) in [5.41, 5.74) is 4.09. The molecule has 0 N–H and O–H groups in total. The average molecular weight is 542 g/mol. The molecule has 0 amide bonds. The van der Waals surface area contributed by atoms with E-state index < -0.39 is 5.72 Å². The Bertz CT molecular complexity index is 1240. The van der Waals surface area contributed by atoms with Crippen LogP contribution in [0.25, 0.3) is 0 Å². The Morgan fingerprint density at radius 2 is 1.76 bits per heavy atom. The van der Waals surface area contributed by atoms with Gasteiger partial charge in [-0.25, -0.2) is 5.01 Å². The van der Waals surface area contributed by atoms with Crippen LogP contribution < -0.4 is 4.74 Å². The number of hydrazone groups is 1. The van der Waals surface area contributed by atoms with Crippen LogP contribution in [0.5, 0.6) is 5.75 Å². The van der Waals surface area contributed by atoms with Crippen molar-refractivity contribution in [2.45, 2.75) is 49.8 Å². The first-order chi connectivity index (χ1) is 16.0.